The summed E-state index contributed by atoms with van der Waals surface area (Å²) >= 11 is 1.76. The van der Waals surface area contributed by atoms with E-state index in [2.05, 4.69) is 63.5 Å². The molecule has 29 heavy (non-hydrogen) atoms. The number of carbonyl (C=O) groups excluding carboxylic acids is 1. The van der Waals surface area contributed by atoms with Gasteiger partial charge >= 0.3 is 0 Å². The summed E-state index contributed by atoms with van der Waals surface area (Å²) in [6.07, 6.45) is 1.33. The third kappa shape index (κ3) is 5.30. The summed E-state index contributed by atoms with van der Waals surface area (Å²) < 4.78 is 18.1. The van der Waals surface area contributed by atoms with Crippen molar-refractivity contribution in [1.82, 2.24) is 0 Å². The summed E-state index contributed by atoms with van der Waals surface area (Å²) in [7, 11) is -0.830. The van der Waals surface area contributed by atoms with Gasteiger partial charge in [-0.15, -0.1) is 11.3 Å². The molecular formula is C23H31O4SSi. The summed E-state index contributed by atoms with van der Waals surface area (Å²) in [5.41, 5.74) is 1.27. The van der Waals surface area contributed by atoms with E-state index in [0.29, 0.717) is 5.75 Å². The summed E-state index contributed by atoms with van der Waals surface area (Å²) in [5.74, 6) is 1.40. The van der Waals surface area contributed by atoms with Gasteiger partial charge in [0.2, 0.25) is 9.04 Å². The zero-order valence-corrected chi connectivity index (χ0v) is 19.9. The minimum absolute atomic E-state index is 0.0520. The first-order valence-electron chi connectivity index (χ1n) is 10.1. The molecule has 0 saturated heterocycles. The molecule has 2 aromatic rings. The van der Waals surface area contributed by atoms with Gasteiger partial charge < -0.3 is 18.7 Å². The van der Waals surface area contributed by atoms with Gasteiger partial charge in [0.15, 0.2) is 11.5 Å². The number of hydrogen-bond acceptors (Lipinski definition) is 5. The van der Waals surface area contributed by atoms with Crippen molar-refractivity contribution in [2.24, 2.45) is 11.3 Å². The molecule has 0 N–H and O–H groups in total. The molecule has 157 valence electrons. The highest BCUT2D eigenvalue weighted by atomic mass is 32.1. The van der Waals surface area contributed by atoms with E-state index in [9.17, 15) is 4.79 Å². The van der Waals surface area contributed by atoms with E-state index >= 15 is 0 Å². The Morgan fingerprint density at radius 1 is 1.21 bits per heavy atom. The Hall–Kier alpha value is -1.63. The second-order valence-corrected chi connectivity index (χ2v) is 12.0. The molecule has 1 aromatic heterocycles. The van der Waals surface area contributed by atoms with Gasteiger partial charge in [0.25, 0.3) is 6.29 Å². The summed E-state index contributed by atoms with van der Waals surface area (Å²) in [4.78, 5) is 12.4. The highest BCUT2D eigenvalue weighted by molar-refractivity contribution is 7.10. The lowest BCUT2D eigenvalue weighted by Gasteiger charge is -2.34. The average molecular weight is 432 g/mol. The normalized spacial score (nSPS) is 19.2. The molecule has 2 heterocycles. The average Bonchev–Trinajstić information content (AvgIpc) is 3.32. The molecule has 4 unspecified atom stereocenters. The van der Waals surface area contributed by atoms with Crippen LogP contribution in [-0.2, 0) is 9.22 Å². The third-order valence-corrected chi connectivity index (χ3v) is 6.95. The first kappa shape index (κ1) is 22.1. The third-order valence-electron chi connectivity index (χ3n) is 5.23. The number of aldehydes is 1. The van der Waals surface area contributed by atoms with Crippen LogP contribution in [0.4, 0.5) is 0 Å². The predicted molar refractivity (Wildman–Crippen MR) is 119 cm³/mol. The van der Waals surface area contributed by atoms with Gasteiger partial charge in [0.1, 0.15) is 6.29 Å². The van der Waals surface area contributed by atoms with E-state index < -0.39 is 15.3 Å². The van der Waals surface area contributed by atoms with Crippen molar-refractivity contribution in [3.05, 3.63) is 46.2 Å². The fourth-order valence-electron chi connectivity index (χ4n) is 3.67. The number of ether oxygens (including phenoxy) is 2. The molecule has 0 bridgehead atoms. The van der Waals surface area contributed by atoms with E-state index in [0.717, 1.165) is 18.5 Å². The number of benzene rings is 1. The fraction of sp³-hybridized carbons (Fsp3) is 0.522. The lowest BCUT2D eigenvalue weighted by atomic mass is 9.73. The molecular weight excluding hydrogens is 400 g/mol. The highest BCUT2D eigenvalue weighted by Crippen LogP contribution is 2.46. The van der Waals surface area contributed by atoms with Crippen LogP contribution < -0.4 is 9.47 Å². The molecule has 4 atom stereocenters. The highest BCUT2D eigenvalue weighted by Gasteiger charge is 2.34. The second kappa shape index (κ2) is 9.02. The van der Waals surface area contributed by atoms with E-state index in [1.165, 1.54) is 10.4 Å². The Labute approximate surface area is 179 Å². The number of fused-ring (bicyclic) bond motifs is 1. The van der Waals surface area contributed by atoms with E-state index in [1.54, 1.807) is 18.3 Å². The zero-order valence-electron chi connectivity index (χ0n) is 18.1. The van der Waals surface area contributed by atoms with Gasteiger partial charge in [-0.2, -0.15) is 0 Å². The van der Waals surface area contributed by atoms with E-state index in [1.807, 2.05) is 6.07 Å². The lowest BCUT2D eigenvalue weighted by molar-refractivity contribution is -0.117. The van der Waals surface area contributed by atoms with Crippen LogP contribution in [-0.4, -0.2) is 21.6 Å². The first-order valence-corrected chi connectivity index (χ1v) is 13.4. The maximum absolute atomic E-state index is 11.1. The van der Waals surface area contributed by atoms with Gasteiger partial charge in [-0.3, -0.25) is 0 Å². The molecule has 6 heteroatoms. The largest absolute Gasteiger partial charge is 0.450 e. The number of thiophene rings is 1. The Balaban J connectivity index is 1.88. The van der Waals surface area contributed by atoms with Gasteiger partial charge in [-0.05, 0) is 66.9 Å². The van der Waals surface area contributed by atoms with Crippen molar-refractivity contribution < 1.29 is 18.7 Å². The molecule has 4 nitrogen and oxygen atoms in total. The molecule has 0 amide bonds. The standard InChI is InChI=1S/C23H31O4SSi/c1-15(14-24)22-25-18-10-9-16(12-19(18)26-22)17(23(2,3)4)13-20(27-29(5)6)21-8-7-11-28-21/h7-12,14-15,17,20,22H,13H2,1-6H3. The van der Waals surface area contributed by atoms with Crippen LogP contribution in [0.5, 0.6) is 11.5 Å². The van der Waals surface area contributed by atoms with Crippen LogP contribution in [0.15, 0.2) is 35.7 Å². The molecule has 0 aliphatic carbocycles. The van der Waals surface area contributed by atoms with Gasteiger partial charge in [-0.25, -0.2) is 0 Å². The fourth-order valence-corrected chi connectivity index (χ4v) is 5.31. The predicted octanol–water partition coefficient (Wildman–Crippen LogP) is 6.21. The van der Waals surface area contributed by atoms with Crippen LogP contribution >= 0.6 is 11.3 Å². The van der Waals surface area contributed by atoms with Crippen molar-refractivity contribution in [2.75, 3.05) is 0 Å². The van der Waals surface area contributed by atoms with Crippen LogP contribution in [0.25, 0.3) is 0 Å². The van der Waals surface area contributed by atoms with Crippen LogP contribution in [0.1, 0.15) is 56.6 Å². The minimum atomic E-state index is -0.830. The first-order chi connectivity index (χ1) is 13.7. The maximum Gasteiger partial charge on any atom is 0.250 e. The van der Waals surface area contributed by atoms with Crippen LogP contribution in [0.2, 0.25) is 13.1 Å². The molecule has 0 saturated carbocycles. The van der Waals surface area contributed by atoms with Crippen molar-refractivity contribution in [3.63, 3.8) is 0 Å². The summed E-state index contributed by atoms with van der Waals surface area (Å²) in [6.45, 7) is 13.0. The van der Waals surface area contributed by atoms with Crippen LogP contribution in [0.3, 0.4) is 0 Å². The molecule has 0 fully saturated rings. The van der Waals surface area contributed by atoms with E-state index in [4.69, 9.17) is 13.9 Å². The quantitative estimate of drug-likeness (QED) is 0.368. The Morgan fingerprint density at radius 2 is 1.93 bits per heavy atom. The van der Waals surface area contributed by atoms with Gasteiger partial charge in [0.05, 0.1) is 12.0 Å². The van der Waals surface area contributed by atoms with Crippen LogP contribution in [0, 0.1) is 11.3 Å². The lowest BCUT2D eigenvalue weighted by Crippen LogP contribution is -2.27. The van der Waals surface area contributed by atoms with E-state index in [-0.39, 0.29) is 23.4 Å². The van der Waals surface area contributed by atoms with Gasteiger partial charge in [-0.1, -0.05) is 32.9 Å². The molecule has 0 spiro atoms. The molecule has 1 aromatic carbocycles. The topological polar surface area (TPSA) is 44.8 Å². The summed E-state index contributed by atoms with van der Waals surface area (Å²) in [5, 5.41) is 2.12. The Bertz CT molecular complexity index is 813. The van der Waals surface area contributed by atoms with Crippen molar-refractivity contribution >= 4 is 26.7 Å². The Morgan fingerprint density at radius 3 is 2.52 bits per heavy atom. The van der Waals surface area contributed by atoms with Gasteiger partial charge in [0, 0.05) is 4.88 Å². The van der Waals surface area contributed by atoms with Crippen molar-refractivity contribution in [2.45, 2.75) is 65.5 Å². The SMILES string of the molecule is CC(C=O)C1Oc2ccc(C(CC(O[Si](C)C)c3cccs3)C(C)(C)C)cc2O1. The zero-order chi connectivity index (χ0) is 21.2. The second-order valence-electron chi connectivity index (χ2n) is 8.99. The monoisotopic (exact) mass is 431 g/mol. The van der Waals surface area contributed by atoms with Crippen molar-refractivity contribution in [1.29, 1.82) is 0 Å². The molecule has 3 rings (SSSR count). The molecule has 1 aliphatic rings. The minimum Gasteiger partial charge on any atom is -0.450 e. The summed E-state index contributed by atoms with van der Waals surface area (Å²) in [6, 6.07) is 10.4. The number of carbonyl (C=O) groups is 1. The molecule has 1 aliphatic heterocycles. The Kier molecular flexibility index (Phi) is 6.86. The smallest absolute Gasteiger partial charge is 0.250 e. The van der Waals surface area contributed by atoms with Crippen molar-refractivity contribution in [3.8, 4) is 11.5 Å². The number of hydrogen-bond donors (Lipinski definition) is 0. The maximum atomic E-state index is 11.1. The number of rotatable bonds is 8. The molecule has 1 radical (unpaired) electrons.